The Balaban J connectivity index is 0.000000511. The molecule has 0 aliphatic carbocycles. The Morgan fingerprint density at radius 1 is 1.24 bits per heavy atom. The summed E-state index contributed by atoms with van der Waals surface area (Å²) in [5.74, 6) is -0.891. The fourth-order valence-electron chi connectivity index (χ4n) is 2.46. The molecule has 2 fully saturated rings. The minimum absolute atomic E-state index is 0.0576. The van der Waals surface area contributed by atoms with Crippen LogP contribution in [0.5, 0.6) is 0 Å². The molecule has 2 saturated heterocycles. The maximum atomic E-state index is 11.8. The molecule has 0 bridgehead atoms. The molecule has 1 aromatic rings. The van der Waals surface area contributed by atoms with Crippen molar-refractivity contribution in [1.29, 1.82) is 0 Å². The fraction of sp³-hybridized carbons (Fsp3) is 0.438. The lowest BCUT2D eigenvalue weighted by Gasteiger charge is -2.27. The fourth-order valence-corrected chi connectivity index (χ4v) is 2.46. The smallest absolute Gasteiger partial charge is 0.414 e. The number of nitrogens with two attached hydrogens (primary N) is 1. The highest BCUT2D eigenvalue weighted by Crippen LogP contribution is 2.25. The summed E-state index contributed by atoms with van der Waals surface area (Å²) in [6.07, 6.45) is -0.654. The van der Waals surface area contributed by atoms with Gasteiger partial charge in [0.15, 0.2) is 0 Å². The van der Waals surface area contributed by atoms with E-state index in [2.05, 4.69) is 0 Å². The number of carboxylic acids is 1. The quantitative estimate of drug-likeness (QED) is 0.809. The molecule has 2 aliphatic heterocycles. The first-order valence-electron chi connectivity index (χ1n) is 7.78. The van der Waals surface area contributed by atoms with Crippen LogP contribution in [-0.2, 0) is 19.1 Å². The van der Waals surface area contributed by atoms with Crippen LogP contribution in [0.3, 0.4) is 0 Å². The monoisotopic (exact) mass is 351 g/mol. The van der Waals surface area contributed by atoms with Gasteiger partial charge >= 0.3 is 6.09 Å². The summed E-state index contributed by atoms with van der Waals surface area (Å²) in [6.45, 7) is 3.02. The van der Waals surface area contributed by atoms with Gasteiger partial charge in [-0.15, -0.1) is 0 Å². The molecule has 0 saturated carbocycles. The molecule has 0 aromatic heterocycles. The van der Waals surface area contributed by atoms with Crippen LogP contribution in [-0.4, -0.2) is 62.0 Å². The first-order chi connectivity index (χ1) is 11.9. The number of carbonyl (C=O) groups excluding carboxylic acids is 2. The topological polar surface area (TPSA) is 122 Å². The number of amides is 2. The Morgan fingerprint density at radius 3 is 2.28 bits per heavy atom. The largest absolute Gasteiger partial charge is 0.481 e. The molecule has 1 aromatic carbocycles. The zero-order chi connectivity index (χ0) is 18.4. The van der Waals surface area contributed by atoms with Gasteiger partial charge in [-0.05, 0) is 24.3 Å². The highest BCUT2D eigenvalue weighted by molar-refractivity contribution is 5.95. The number of carboxylic acid groups (broad SMARTS) is 1. The van der Waals surface area contributed by atoms with Crippen LogP contribution in [0.4, 0.5) is 16.2 Å². The molecule has 0 unspecified atom stereocenters. The number of morpholine rings is 1. The van der Waals surface area contributed by atoms with Crippen molar-refractivity contribution in [2.75, 3.05) is 42.6 Å². The van der Waals surface area contributed by atoms with Crippen molar-refractivity contribution < 1.29 is 29.0 Å². The van der Waals surface area contributed by atoms with Gasteiger partial charge in [-0.25, -0.2) is 4.79 Å². The molecule has 9 nitrogen and oxygen atoms in total. The van der Waals surface area contributed by atoms with Gasteiger partial charge < -0.3 is 25.2 Å². The Kier molecular flexibility index (Phi) is 6.31. The SMILES string of the molecule is CC(=O)O.NC[C@@H]1CN(c2ccc(N3CCOCC3=O)cc2)C(=O)O1. The van der Waals surface area contributed by atoms with Crippen molar-refractivity contribution in [3.05, 3.63) is 24.3 Å². The minimum Gasteiger partial charge on any atom is -0.481 e. The number of nitrogens with zero attached hydrogens (tertiary/aromatic N) is 2. The molecule has 0 radical (unpaired) electrons. The van der Waals surface area contributed by atoms with Gasteiger partial charge in [0, 0.05) is 31.4 Å². The van der Waals surface area contributed by atoms with Crippen molar-refractivity contribution in [2.45, 2.75) is 13.0 Å². The average molecular weight is 351 g/mol. The second-order valence-corrected chi connectivity index (χ2v) is 5.49. The summed E-state index contributed by atoms with van der Waals surface area (Å²) in [5, 5.41) is 7.42. The second-order valence-electron chi connectivity index (χ2n) is 5.49. The first kappa shape index (κ1) is 18.7. The number of hydrogen-bond donors (Lipinski definition) is 2. The van der Waals surface area contributed by atoms with E-state index in [0.717, 1.165) is 18.3 Å². The molecule has 25 heavy (non-hydrogen) atoms. The number of hydrogen-bond acceptors (Lipinski definition) is 6. The predicted octanol–water partition coefficient (Wildman–Crippen LogP) is 0.425. The summed E-state index contributed by atoms with van der Waals surface area (Å²) in [6, 6.07) is 7.25. The van der Waals surface area contributed by atoms with Crippen LogP contribution in [0.1, 0.15) is 6.92 Å². The van der Waals surface area contributed by atoms with Crippen molar-refractivity contribution in [3.8, 4) is 0 Å². The van der Waals surface area contributed by atoms with Gasteiger partial charge in [-0.3, -0.25) is 14.5 Å². The minimum atomic E-state index is -0.833. The molecule has 0 spiro atoms. The van der Waals surface area contributed by atoms with E-state index in [-0.39, 0.29) is 24.7 Å². The van der Waals surface area contributed by atoms with E-state index in [4.69, 9.17) is 25.1 Å². The highest BCUT2D eigenvalue weighted by atomic mass is 16.6. The number of ether oxygens (including phenoxy) is 2. The van der Waals surface area contributed by atoms with E-state index < -0.39 is 5.97 Å². The Morgan fingerprint density at radius 2 is 1.80 bits per heavy atom. The van der Waals surface area contributed by atoms with Gasteiger partial charge in [0.05, 0.1) is 13.2 Å². The summed E-state index contributed by atoms with van der Waals surface area (Å²) < 4.78 is 10.2. The summed E-state index contributed by atoms with van der Waals surface area (Å²) >= 11 is 0. The number of benzene rings is 1. The van der Waals surface area contributed by atoms with E-state index in [1.165, 1.54) is 0 Å². The molecule has 2 heterocycles. The number of rotatable bonds is 3. The Hall–Kier alpha value is -2.65. The van der Waals surface area contributed by atoms with Gasteiger partial charge in [-0.2, -0.15) is 0 Å². The van der Waals surface area contributed by atoms with Gasteiger partial charge in [-0.1, -0.05) is 0 Å². The molecule has 9 heteroatoms. The predicted molar refractivity (Wildman–Crippen MR) is 89.6 cm³/mol. The second kappa shape index (κ2) is 8.45. The van der Waals surface area contributed by atoms with Crippen LogP contribution in [0.15, 0.2) is 24.3 Å². The molecule has 3 rings (SSSR count). The molecule has 2 amide bonds. The lowest BCUT2D eigenvalue weighted by Crippen LogP contribution is -2.41. The number of anilines is 2. The molecule has 136 valence electrons. The van der Waals surface area contributed by atoms with E-state index in [1.54, 1.807) is 21.9 Å². The number of carbonyl (C=O) groups is 3. The molecule has 3 N–H and O–H groups in total. The summed E-state index contributed by atoms with van der Waals surface area (Å²) in [7, 11) is 0. The standard InChI is InChI=1S/C14H17N3O4.C2H4O2/c15-7-12-8-17(14(19)21-12)11-3-1-10(2-4-11)16-5-6-20-9-13(16)18;1-2(3)4/h1-4,12H,5-9,15H2;1H3,(H,3,4)/t12-;/m1./s1. The third-order valence-electron chi connectivity index (χ3n) is 3.60. The molecular weight excluding hydrogens is 330 g/mol. The lowest BCUT2D eigenvalue weighted by molar-refractivity contribution is -0.134. The van der Waals surface area contributed by atoms with E-state index in [0.29, 0.717) is 26.2 Å². The third kappa shape index (κ3) is 4.91. The van der Waals surface area contributed by atoms with Gasteiger partial charge in [0.25, 0.3) is 11.9 Å². The third-order valence-corrected chi connectivity index (χ3v) is 3.60. The van der Waals surface area contributed by atoms with Crippen LogP contribution < -0.4 is 15.5 Å². The van der Waals surface area contributed by atoms with Crippen LogP contribution in [0.25, 0.3) is 0 Å². The van der Waals surface area contributed by atoms with Crippen molar-refractivity contribution >= 4 is 29.3 Å². The van der Waals surface area contributed by atoms with Crippen LogP contribution >= 0.6 is 0 Å². The van der Waals surface area contributed by atoms with Crippen LogP contribution in [0.2, 0.25) is 0 Å². The summed E-state index contributed by atoms with van der Waals surface area (Å²) in [4.78, 5) is 35.7. The summed E-state index contributed by atoms with van der Waals surface area (Å²) in [5.41, 5.74) is 7.05. The van der Waals surface area contributed by atoms with Crippen molar-refractivity contribution in [2.24, 2.45) is 5.73 Å². The maximum absolute atomic E-state index is 11.8. The lowest BCUT2D eigenvalue weighted by atomic mass is 10.2. The normalized spacial score (nSPS) is 20.0. The van der Waals surface area contributed by atoms with E-state index >= 15 is 0 Å². The molecule has 2 aliphatic rings. The van der Waals surface area contributed by atoms with Crippen LogP contribution in [0, 0.1) is 0 Å². The Bertz CT molecular complexity index is 629. The van der Waals surface area contributed by atoms with E-state index in [9.17, 15) is 9.59 Å². The van der Waals surface area contributed by atoms with Gasteiger partial charge in [0.2, 0.25) is 0 Å². The number of cyclic esters (lactones) is 1. The molecule has 1 atom stereocenters. The highest BCUT2D eigenvalue weighted by Gasteiger charge is 2.31. The van der Waals surface area contributed by atoms with Gasteiger partial charge in [0.1, 0.15) is 12.7 Å². The average Bonchev–Trinajstić information content (AvgIpc) is 2.96. The maximum Gasteiger partial charge on any atom is 0.414 e. The first-order valence-corrected chi connectivity index (χ1v) is 7.78. The zero-order valence-corrected chi connectivity index (χ0v) is 13.9. The van der Waals surface area contributed by atoms with Crippen molar-refractivity contribution in [3.63, 3.8) is 0 Å². The zero-order valence-electron chi connectivity index (χ0n) is 13.9. The number of aliphatic carboxylic acids is 1. The van der Waals surface area contributed by atoms with E-state index in [1.807, 2.05) is 12.1 Å². The van der Waals surface area contributed by atoms with Crippen molar-refractivity contribution in [1.82, 2.24) is 0 Å². The Labute approximate surface area is 144 Å². The molecular formula is C16H21N3O6.